The second-order valence-corrected chi connectivity index (χ2v) is 9.64. The average molecular weight is 433 g/mol. The maximum Gasteiger partial charge on any atom is 0.338 e. The van der Waals surface area contributed by atoms with Gasteiger partial charge in [0.1, 0.15) is 0 Å². The Kier molecular flexibility index (Phi) is 4.05. The first-order valence-corrected chi connectivity index (χ1v) is 11.3. The maximum absolute atomic E-state index is 13.2. The summed E-state index contributed by atoms with van der Waals surface area (Å²) in [5.41, 5.74) is 0.590. The quantitative estimate of drug-likeness (QED) is 0.313. The average Bonchev–Trinajstić information content (AvgIpc) is 3.35. The van der Waals surface area contributed by atoms with Gasteiger partial charge in [0.2, 0.25) is 17.6 Å². The summed E-state index contributed by atoms with van der Waals surface area (Å²) in [6, 6.07) is 9.78. The van der Waals surface area contributed by atoms with E-state index in [1.807, 2.05) is 0 Å². The molecule has 6 atom stereocenters. The van der Waals surface area contributed by atoms with Gasteiger partial charge in [0.25, 0.3) is 0 Å². The molecule has 2 bridgehead atoms. The summed E-state index contributed by atoms with van der Waals surface area (Å²) in [6.45, 7) is -0.354. The molecule has 1 aromatic carbocycles. The molecular formula is C24H19NO5S. The van der Waals surface area contributed by atoms with Crippen LogP contribution < -0.4 is 4.90 Å². The van der Waals surface area contributed by atoms with Gasteiger partial charge in [0.15, 0.2) is 6.61 Å². The van der Waals surface area contributed by atoms with Gasteiger partial charge in [-0.1, -0.05) is 24.3 Å². The minimum Gasteiger partial charge on any atom is -0.454 e. The number of benzene rings is 1. The molecule has 2 amide bonds. The number of allylic oxidation sites excluding steroid dienone is 2. The Balaban J connectivity index is 1.21. The van der Waals surface area contributed by atoms with E-state index in [9.17, 15) is 19.2 Å². The van der Waals surface area contributed by atoms with E-state index >= 15 is 0 Å². The molecule has 1 saturated heterocycles. The number of imide groups is 1. The Bertz CT molecular complexity index is 1120. The van der Waals surface area contributed by atoms with E-state index in [4.69, 9.17) is 4.74 Å². The lowest BCUT2D eigenvalue weighted by Crippen LogP contribution is -2.40. The summed E-state index contributed by atoms with van der Waals surface area (Å²) in [5.74, 6) is -0.464. The highest BCUT2D eigenvalue weighted by Gasteiger charge is 2.67. The fraction of sp³-hybridized carbons (Fsp3) is 0.333. The minimum atomic E-state index is -0.661. The van der Waals surface area contributed by atoms with Crippen LogP contribution in [-0.2, 0) is 14.3 Å². The Hall–Kier alpha value is -3.06. The fourth-order valence-corrected chi connectivity index (χ4v) is 6.36. The van der Waals surface area contributed by atoms with Crippen LogP contribution in [0.15, 0.2) is 53.9 Å². The van der Waals surface area contributed by atoms with E-state index in [0.29, 0.717) is 22.4 Å². The topological polar surface area (TPSA) is 80.8 Å². The van der Waals surface area contributed by atoms with Gasteiger partial charge in [-0.25, -0.2) is 9.69 Å². The number of amides is 2. The smallest absolute Gasteiger partial charge is 0.338 e. The van der Waals surface area contributed by atoms with E-state index in [-0.39, 0.29) is 53.4 Å². The first-order chi connectivity index (χ1) is 15.0. The summed E-state index contributed by atoms with van der Waals surface area (Å²) in [5, 5.41) is 1.78. The molecule has 156 valence electrons. The molecule has 5 aliphatic rings. The van der Waals surface area contributed by atoms with Crippen LogP contribution >= 0.6 is 11.3 Å². The predicted molar refractivity (Wildman–Crippen MR) is 113 cm³/mol. The van der Waals surface area contributed by atoms with Crippen molar-refractivity contribution in [3.63, 3.8) is 0 Å². The van der Waals surface area contributed by atoms with Crippen LogP contribution in [0.3, 0.4) is 0 Å². The van der Waals surface area contributed by atoms with E-state index < -0.39 is 5.97 Å². The van der Waals surface area contributed by atoms with E-state index in [1.54, 1.807) is 35.7 Å². The van der Waals surface area contributed by atoms with Crippen LogP contribution in [0.1, 0.15) is 26.5 Å². The normalized spacial score (nSPS) is 32.1. The lowest BCUT2D eigenvalue weighted by atomic mass is 9.63. The van der Waals surface area contributed by atoms with E-state index in [1.165, 1.54) is 22.3 Å². The first-order valence-electron chi connectivity index (χ1n) is 10.4. The third-order valence-electron chi connectivity index (χ3n) is 7.13. The summed E-state index contributed by atoms with van der Waals surface area (Å²) in [6.07, 6.45) is 5.38. The zero-order valence-electron chi connectivity index (χ0n) is 16.5. The van der Waals surface area contributed by atoms with Crippen LogP contribution in [0.5, 0.6) is 0 Å². The minimum absolute atomic E-state index is 0.151. The zero-order chi connectivity index (χ0) is 21.3. The van der Waals surface area contributed by atoms with Gasteiger partial charge in [0.05, 0.1) is 28.0 Å². The van der Waals surface area contributed by atoms with Gasteiger partial charge in [-0.05, 0) is 59.7 Å². The number of Topliss-reactive ketones (excluding diaryl/α,β-unsaturated/α-hetero) is 1. The third kappa shape index (κ3) is 2.76. The fourth-order valence-electron chi connectivity index (χ4n) is 5.71. The Morgan fingerprint density at radius 3 is 2.35 bits per heavy atom. The number of thiophene rings is 1. The van der Waals surface area contributed by atoms with Crippen molar-refractivity contribution in [3.8, 4) is 0 Å². The molecule has 0 radical (unpaired) electrons. The number of nitrogens with zero attached hydrogens (tertiary/aromatic N) is 1. The lowest BCUT2D eigenvalue weighted by molar-refractivity contribution is -0.124. The Morgan fingerprint density at radius 1 is 1.00 bits per heavy atom. The number of carbonyl (C=O) groups is 4. The molecular weight excluding hydrogens is 414 g/mol. The van der Waals surface area contributed by atoms with Gasteiger partial charge in [0, 0.05) is 0 Å². The SMILES string of the molecule is O=C(OCC(=O)c1cccs1)c1cccc(N2C(=O)[C@H]3[C@@H]4C=C[C@H]([C@H]5C[C@H]45)[C@@H]3C2=O)c1. The molecule has 2 aromatic rings. The van der Waals surface area contributed by atoms with Crippen molar-refractivity contribution in [3.05, 3.63) is 64.4 Å². The maximum atomic E-state index is 13.2. The zero-order valence-corrected chi connectivity index (χ0v) is 17.3. The predicted octanol–water partition coefficient (Wildman–Crippen LogP) is 3.35. The lowest BCUT2D eigenvalue weighted by Gasteiger charge is -2.37. The van der Waals surface area contributed by atoms with Gasteiger partial charge in [-0.3, -0.25) is 14.4 Å². The Labute approximate surface area is 182 Å². The number of rotatable bonds is 5. The van der Waals surface area contributed by atoms with Crippen molar-refractivity contribution >= 4 is 40.6 Å². The van der Waals surface area contributed by atoms with Crippen LogP contribution in [0.4, 0.5) is 5.69 Å². The molecule has 4 aliphatic carbocycles. The highest BCUT2D eigenvalue weighted by atomic mass is 32.1. The van der Waals surface area contributed by atoms with Crippen molar-refractivity contribution in [1.29, 1.82) is 0 Å². The van der Waals surface area contributed by atoms with Gasteiger partial charge < -0.3 is 4.74 Å². The molecule has 3 fully saturated rings. The second kappa shape index (κ2) is 6.72. The van der Waals surface area contributed by atoms with Crippen LogP contribution in [0.2, 0.25) is 0 Å². The monoisotopic (exact) mass is 433 g/mol. The number of esters is 1. The van der Waals surface area contributed by atoms with Crippen molar-refractivity contribution in [2.45, 2.75) is 6.42 Å². The van der Waals surface area contributed by atoms with E-state index in [2.05, 4.69) is 12.2 Å². The third-order valence-corrected chi connectivity index (χ3v) is 8.04. The van der Waals surface area contributed by atoms with Crippen molar-refractivity contribution in [2.24, 2.45) is 35.5 Å². The summed E-state index contributed by atoms with van der Waals surface area (Å²) >= 11 is 1.29. The number of carbonyl (C=O) groups excluding carboxylic acids is 4. The van der Waals surface area contributed by atoms with Crippen molar-refractivity contribution < 1.29 is 23.9 Å². The summed E-state index contributed by atoms with van der Waals surface area (Å²) in [7, 11) is 0. The van der Waals surface area contributed by atoms with Crippen LogP contribution in [-0.4, -0.2) is 30.2 Å². The summed E-state index contributed by atoms with van der Waals surface area (Å²) in [4.78, 5) is 52.8. The highest BCUT2D eigenvalue weighted by molar-refractivity contribution is 7.12. The molecule has 31 heavy (non-hydrogen) atoms. The van der Waals surface area contributed by atoms with Crippen LogP contribution in [0, 0.1) is 35.5 Å². The number of ether oxygens (including phenoxy) is 1. The molecule has 7 rings (SSSR count). The largest absolute Gasteiger partial charge is 0.454 e. The van der Waals surface area contributed by atoms with Gasteiger partial charge in [-0.2, -0.15) is 0 Å². The van der Waals surface area contributed by atoms with Crippen LogP contribution in [0.25, 0.3) is 0 Å². The molecule has 2 saturated carbocycles. The molecule has 1 aliphatic heterocycles. The number of ketones is 1. The molecule has 7 heteroatoms. The van der Waals surface area contributed by atoms with Crippen molar-refractivity contribution in [1.82, 2.24) is 0 Å². The molecule has 1 aromatic heterocycles. The van der Waals surface area contributed by atoms with Crippen molar-refractivity contribution in [2.75, 3.05) is 11.5 Å². The number of hydrogen-bond acceptors (Lipinski definition) is 6. The second-order valence-electron chi connectivity index (χ2n) is 8.69. The molecule has 2 heterocycles. The molecule has 0 unspecified atom stereocenters. The van der Waals surface area contributed by atoms with Gasteiger partial charge in [-0.15, -0.1) is 11.3 Å². The van der Waals surface area contributed by atoms with E-state index in [0.717, 1.165) is 6.42 Å². The molecule has 6 nitrogen and oxygen atoms in total. The van der Waals surface area contributed by atoms with Gasteiger partial charge >= 0.3 is 5.97 Å². The number of anilines is 1. The summed E-state index contributed by atoms with van der Waals surface area (Å²) < 4.78 is 5.16. The number of hydrogen-bond donors (Lipinski definition) is 0. The standard InChI is InChI=1S/C24H19NO5S/c26-18(19-5-2-8-31-19)11-30-24(29)12-3-1-4-13(9-12)25-22(27)20-14-6-7-15(17-10-16(14)17)21(20)23(25)28/h1-9,14-17,20-21H,10-11H2/t14-,15-,16-,17-,20+,21+/m1/s1. The molecule has 0 spiro atoms. The highest BCUT2D eigenvalue weighted by Crippen LogP contribution is 2.65. The molecule has 0 N–H and O–H groups in total. The first kappa shape index (κ1) is 18.7. The Morgan fingerprint density at radius 2 is 1.71 bits per heavy atom.